The van der Waals surface area contributed by atoms with Crippen LogP contribution in [0, 0.1) is 0 Å². The van der Waals surface area contributed by atoms with Crippen molar-refractivity contribution in [1.29, 1.82) is 0 Å². The Morgan fingerprint density at radius 3 is 2.70 bits per heavy atom. The van der Waals surface area contributed by atoms with Crippen molar-refractivity contribution in [2.24, 2.45) is 7.05 Å². The molecule has 110 valence electrons. The summed E-state index contributed by atoms with van der Waals surface area (Å²) < 4.78 is 1.69. The molecule has 0 unspecified atom stereocenters. The second-order valence-corrected chi connectivity index (χ2v) is 5.23. The first-order valence-electron chi connectivity index (χ1n) is 6.68. The van der Waals surface area contributed by atoms with Crippen molar-refractivity contribution in [3.63, 3.8) is 0 Å². The van der Waals surface area contributed by atoms with Gasteiger partial charge in [0.1, 0.15) is 0 Å². The summed E-state index contributed by atoms with van der Waals surface area (Å²) in [6.45, 7) is 0.749. The second kappa shape index (κ2) is 5.94. The van der Waals surface area contributed by atoms with Crippen LogP contribution in [0.3, 0.4) is 0 Å². The zero-order valence-corrected chi connectivity index (χ0v) is 11.8. The van der Waals surface area contributed by atoms with Gasteiger partial charge in [-0.2, -0.15) is 5.10 Å². The normalized spacial score (nSPS) is 14.1. The van der Waals surface area contributed by atoms with E-state index < -0.39 is 5.97 Å². The number of rotatable bonds is 6. The lowest BCUT2D eigenvalue weighted by molar-refractivity contribution is -0.137. The summed E-state index contributed by atoms with van der Waals surface area (Å²) in [6.07, 6.45) is 5.51. The fourth-order valence-corrected chi connectivity index (χ4v) is 2.15. The zero-order chi connectivity index (χ0) is 14.7. The van der Waals surface area contributed by atoms with Crippen molar-refractivity contribution in [3.8, 4) is 0 Å². The van der Waals surface area contributed by atoms with Crippen LogP contribution in [-0.2, 0) is 18.4 Å². The van der Waals surface area contributed by atoms with Crippen molar-refractivity contribution in [2.75, 3.05) is 13.6 Å². The van der Waals surface area contributed by atoms with Crippen LogP contribution in [0.1, 0.15) is 24.8 Å². The number of hydrogen-bond acceptors (Lipinski definition) is 3. The van der Waals surface area contributed by atoms with Gasteiger partial charge in [0.2, 0.25) is 0 Å². The van der Waals surface area contributed by atoms with Crippen molar-refractivity contribution in [3.05, 3.63) is 18.0 Å². The molecule has 7 nitrogen and oxygen atoms in total. The molecular weight excluding hydrogens is 260 g/mol. The van der Waals surface area contributed by atoms with E-state index in [1.54, 1.807) is 27.7 Å². The predicted molar refractivity (Wildman–Crippen MR) is 72.1 cm³/mol. The van der Waals surface area contributed by atoms with Gasteiger partial charge in [0.15, 0.2) is 0 Å². The van der Waals surface area contributed by atoms with Gasteiger partial charge in [-0.3, -0.25) is 9.48 Å². The van der Waals surface area contributed by atoms with Gasteiger partial charge in [0.05, 0.1) is 19.2 Å². The first kappa shape index (κ1) is 14.4. The van der Waals surface area contributed by atoms with Crippen molar-refractivity contribution in [2.45, 2.75) is 31.8 Å². The summed E-state index contributed by atoms with van der Waals surface area (Å²) in [4.78, 5) is 26.3. The molecule has 1 heterocycles. The summed E-state index contributed by atoms with van der Waals surface area (Å²) in [5, 5.41) is 12.8. The Bertz CT molecular complexity index is 496. The van der Waals surface area contributed by atoms with E-state index >= 15 is 0 Å². The van der Waals surface area contributed by atoms with Crippen LogP contribution in [0.15, 0.2) is 12.4 Å². The maximum atomic E-state index is 12.4. The van der Waals surface area contributed by atoms with E-state index in [-0.39, 0.29) is 25.0 Å². The lowest BCUT2D eigenvalue weighted by Gasteiger charge is -2.27. The number of urea groups is 1. The van der Waals surface area contributed by atoms with Gasteiger partial charge in [-0.15, -0.1) is 0 Å². The molecule has 0 atom stereocenters. The average molecular weight is 280 g/mol. The summed E-state index contributed by atoms with van der Waals surface area (Å²) in [7, 11) is 3.56. The second-order valence-electron chi connectivity index (χ2n) is 5.23. The molecule has 0 aromatic carbocycles. The van der Waals surface area contributed by atoms with Crippen LogP contribution in [0.5, 0.6) is 0 Å². The maximum absolute atomic E-state index is 12.4. The minimum absolute atomic E-state index is 0.0109. The number of carbonyl (C=O) groups is 2. The molecule has 1 aliphatic carbocycles. The van der Waals surface area contributed by atoms with Crippen LogP contribution in [0.4, 0.5) is 4.79 Å². The molecule has 0 bridgehead atoms. The zero-order valence-electron chi connectivity index (χ0n) is 11.8. The van der Waals surface area contributed by atoms with Gasteiger partial charge in [-0.05, 0) is 12.8 Å². The number of carbonyl (C=O) groups excluding carboxylic acids is 1. The quantitative estimate of drug-likeness (QED) is 0.840. The predicted octanol–water partition coefficient (Wildman–Crippen LogP) is 0.911. The van der Waals surface area contributed by atoms with E-state index in [1.807, 2.05) is 13.2 Å². The molecule has 1 fully saturated rings. The summed E-state index contributed by atoms with van der Waals surface area (Å²) in [6, 6.07) is 0.0933. The maximum Gasteiger partial charge on any atom is 0.320 e. The molecule has 1 aliphatic rings. The fourth-order valence-electron chi connectivity index (χ4n) is 2.15. The Balaban J connectivity index is 1.93. The number of hydrogen-bond donors (Lipinski definition) is 1. The van der Waals surface area contributed by atoms with Crippen molar-refractivity contribution >= 4 is 12.0 Å². The van der Waals surface area contributed by atoms with E-state index in [4.69, 9.17) is 5.11 Å². The monoisotopic (exact) mass is 280 g/mol. The summed E-state index contributed by atoms with van der Waals surface area (Å²) in [5.41, 5.74) is 0.956. The molecule has 20 heavy (non-hydrogen) atoms. The molecule has 1 saturated carbocycles. The number of aryl methyl sites for hydroxylation is 1. The van der Waals surface area contributed by atoms with E-state index in [0.29, 0.717) is 6.54 Å². The number of nitrogens with zero attached hydrogens (tertiary/aromatic N) is 4. The number of aromatic nitrogens is 2. The van der Waals surface area contributed by atoms with E-state index in [1.165, 1.54) is 0 Å². The standard InChI is InChI=1S/C13H20N4O3/c1-15(8-10-7-14-16(2)9-10)13(20)17(11-3-4-11)6-5-12(18)19/h7,9,11H,3-6,8H2,1-2H3,(H,18,19). The largest absolute Gasteiger partial charge is 0.481 e. The number of carboxylic acid groups (broad SMARTS) is 1. The Morgan fingerprint density at radius 1 is 1.50 bits per heavy atom. The lowest BCUT2D eigenvalue weighted by Crippen LogP contribution is -2.43. The molecule has 1 aromatic rings. The van der Waals surface area contributed by atoms with Crippen LogP contribution < -0.4 is 0 Å². The molecule has 1 aromatic heterocycles. The highest BCUT2D eigenvalue weighted by molar-refractivity contribution is 5.76. The highest BCUT2D eigenvalue weighted by atomic mass is 16.4. The fraction of sp³-hybridized carbons (Fsp3) is 0.615. The van der Waals surface area contributed by atoms with Gasteiger partial charge < -0.3 is 14.9 Å². The topological polar surface area (TPSA) is 78.7 Å². The lowest BCUT2D eigenvalue weighted by atomic mass is 10.3. The van der Waals surface area contributed by atoms with E-state index in [2.05, 4.69) is 5.10 Å². The van der Waals surface area contributed by atoms with Crippen LogP contribution in [0.25, 0.3) is 0 Å². The van der Waals surface area contributed by atoms with Gasteiger partial charge in [0.25, 0.3) is 0 Å². The molecule has 0 saturated heterocycles. The number of amides is 2. The highest BCUT2D eigenvalue weighted by Crippen LogP contribution is 2.28. The van der Waals surface area contributed by atoms with Gasteiger partial charge in [0, 0.05) is 38.4 Å². The molecule has 0 radical (unpaired) electrons. The molecule has 2 rings (SSSR count). The molecule has 0 spiro atoms. The Hall–Kier alpha value is -2.05. The Labute approximate surface area is 117 Å². The molecule has 7 heteroatoms. The van der Waals surface area contributed by atoms with Crippen molar-refractivity contribution in [1.82, 2.24) is 19.6 Å². The van der Waals surface area contributed by atoms with Gasteiger partial charge >= 0.3 is 12.0 Å². The van der Waals surface area contributed by atoms with Crippen molar-refractivity contribution < 1.29 is 14.7 Å². The highest BCUT2D eigenvalue weighted by Gasteiger charge is 2.34. The first-order valence-corrected chi connectivity index (χ1v) is 6.68. The van der Waals surface area contributed by atoms with Gasteiger partial charge in [-0.25, -0.2) is 4.79 Å². The molecular formula is C13H20N4O3. The Morgan fingerprint density at radius 2 is 2.20 bits per heavy atom. The third-order valence-electron chi connectivity index (χ3n) is 3.30. The average Bonchev–Trinajstić information content (AvgIpc) is 3.13. The molecule has 2 amide bonds. The third kappa shape index (κ3) is 3.72. The SMILES string of the molecule is CN(Cc1cnn(C)c1)C(=O)N(CCC(=O)O)C1CC1. The van der Waals surface area contributed by atoms with Crippen LogP contribution in [0.2, 0.25) is 0 Å². The first-order chi connectivity index (χ1) is 9.47. The third-order valence-corrected chi connectivity index (χ3v) is 3.30. The number of carboxylic acids is 1. The molecule has 1 N–H and O–H groups in total. The minimum Gasteiger partial charge on any atom is -0.481 e. The molecule has 0 aliphatic heterocycles. The smallest absolute Gasteiger partial charge is 0.320 e. The Kier molecular flexibility index (Phi) is 4.26. The van der Waals surface area contributed by atoms with Gasteiger partial charge in [-0.1, -0.05) is 0 Å². The summed E-state index contributed by atoms with van der Waals surface area (Å²) >= 11 is 0. The van der Waals surface area contributed by atoms with E-state index in [9.17, 15) is 9.59 Å². The summed E-state index contributed by atoms with van der Waals surface area (Å²) in [5.74, 6) is -0.877. The minimum atomic E-state index is -0.877. The van der Waals surface area contributed by atoms with Crippen LogP contribution >= 0.6 is 0 Å². The van der Waals surface area contributed by atoms with Crippen LogP contribution in [-0.4, -0.2) is 56.3 Å². The number of aliphatic carboxylic acids is 1. The van der Waals surface area contributed by atoms with E-state index in [0.717, 1.165) is 18.4 Å².